The molecular formula is C121H106F3N17O4. The maximum absolute atomic E-state index is 14.3. The Morgan fingerprint density at radius 1 is 0.366 bits per heavy atom. The van der Waals surface area contributed by atoms with E-state index in [0.717, 1.165) is 139 Å². The van der Waals surface area contributed by atoms with Crippen molar-refractivity contribution in [3.63, 3.8) is 0 Å². The number of aliphatic imine (C=N–C) groups is 3. The summed E-state index contributed by atoms with van der Waals surface area (Å²) in [5, 5.41) is 24.3. The maximum Gasteiger partial charge on any atom is 0.272 e. The molecule has 21 nitrogen and oxygen atoms in total. The first-order chi connectivity index (χ1) is 70.7. The molecule has 2 aliphatic carbocycles. The fourth-order valence-corrected chi connectivity index (χ4v) is 22.7. The number of halogens is 3. The molecule has 0 amide bonds. The van der Waals surface area contributed by atoms with E-state index in [9.17, 15) is 32.3 Å². The summed E-state index contributed by atoms with van der Waals surface area (Å²) >= 11 is 0. The van der Waals surface area contributed by atoms with E-state index in [2.05, 4.69) is 256 Å². The van der Waals surface area contributed by atoms with Gasteiger partial charge in [0.25, 0.3) is 5.56 Å². The first kappa shape index (κ1) is 94.7. The van der Waals surface area contributed by atoms with Gasteiger partial charge in [0.2, 0.25) is 0 Å². The number of hydrogen-bond donors (Lipinski definition) is 5. The summed E-state index contributed by atoms with van der Waals surface area (Å²) in [5.74, 6) is -1.15. The summed E-state index contributed by atoms with van der Waals surface area (Å²) in [5.41, 5.74) is 35.1. The summed E-state index contributed by atoms with van der Waals surface area (Å²) < 4.78 is 43.0. The van der Waals surface area contributed by atoms with Gasteiger partial charge in [0.05, 0.1) is 75.5 Å². The van der Waals surface area contributed by atoms with Crippen molar-refractivity contribution in [2.24, 2.45) is 20.1 Å². The van der Waals surface area contributed by atoms with Crippen LogP contribution in [0.5, 0.6) is 0 Å². The molecule has 0 saturated heterocycles. The van der Waals surface area contributed by atoms with Crippen LogP contribution in [-0.4, -0.2) is 133 Å². The van der Waals surface area contributed by atoms with Gasteiger partial charge in [0.1, 0.15) is 37.1 Å². The molecular weight excluding hydrogens is 1810 g/mol. The van der Waals surface area contributed by atoms with E-state index in [1.54, 1.807) is 37.2 Å². The van der Waals surface area contributed by atoms with Gasteiger partial charge in [-0.1, -0.05) is 183 Å². The van der Waals surface area contributed by atoms with Crippen LogP contribution in [0.4, 0.5) is 30.2 Å². The van der Waals surface area contributed by atoms with Crippen molar-refractivity contribution in [1.29, 1.82) is 0 Å². The molecule has 0 radical (unpaired) electrons. The van der Waals surface area contributed by atoms with Crippen molar-refractivity contribution < 1.29 is 27.6 Å². The molecule has 10 atom stereocenters. The molecule has 0 bridgehead atoms. The van der Waals surface area contributed by atoms with Crippen LogP contribution in [0.1, 0.15) is 226 Å². The molecule has 13 heterocycles. The smallest absolute Gasteiger partial charge is 0.272 e. The highest BCUT2D eigenvalue weighted by Gasteiger charge is 2.46. The molecule has 25 rings (SSSR count). The van der Waals surface area contributed by atoms with Crippen LogP contribution in [0.25, 0.3) is 16.5 Å². The molecule has 10 unspecified atom stereocenters. The van der Waals surface area contributed by atoms with Crippen molar-refractivity contribution in [2.75, 3.05) is 63.8 Å². The Morgan fingerprint density at radius 2 is 0.766 bits per heavy atom. The van der Waals surface area contributed by atoms with Crippen LogP contribution in [0, 0.1) is 24.4 Å². The monoisotopic (exact) mass is 1920 g/mol. The lowest BCUT2D eigenvalue weighted by Crippen LogP contribution is -2.36. The summed E-state index contributed by atoms with van der Waals surface area (Å²) in [6.45, 7) is 10.2. The number of anilines is 3. The number of Topliss-reactive ketones (excluding diaryl/α,β-unsaturated/α-hetero) is 3. The van der Waals surface area contributed by atoms with Gasteiger partial charge >= 0.3 is 0 Å². The Hall–Kier alpha value is -16.6. The zero-order chi connectivity index (χ0) is 99.6. The highest BCUT2D eigenvalue weighted by molar-refractivity contribution is 6.24. The quantitative estimate of drug-likeness (QED) is 0.0602. The molecule has 5 N–H and O–H groups in total. The molecule has 6 aromatic heterocycles. The third kappa shape index (κ3) is 19.2. The number of benzene rings is 10. The zero-order valence-electron chi connectivity index (χ0n) is 81.1. The summed E-state index contributed by atoms with van der Waals surface area (Å²) in [6.07, 6.45) is 22.0. The number of rotatable bonds is 16. The summed E-state index contributed by atoms with van der Waals surface area (Å²) in [4.78, 5) is 89.2. The number of nitrogens with one attached hydrogen (secondary N) is 5. The van der Waals surface area contributed by atoms with Crippen LogP contribution in [0.3, 0.4) is 0 Å². The van der Waals surface area contributed by atoms with Crippen LogP contribution in [-0.2, 0) is 32.4 Å². The predicted molar refractivity (Wildman–Crippen MR) is 566 cm³/mol. The second-order valence-corrected chi connectivity index (χ2v) is 38.8. The van der Waals surface area contributed by atoms with Gasteiger partial charge in [-0.25, -0.2) is 18.3 Å². The maximum atomic E-state index is 14.3. The number of aromatic nitrogens is 7. The number of hydrazone groups is 1. The molecule has 24 heteroatoms. The fourth-order valence-electron chi connectivity index (χ4n) is 22.7. The minimum atomic E-state index is -0.421. The number of aromatic amines is 1. The highest BCUT2D eigenvalue weighted by Crippen LogP contribution is 2.53. The van der Waals surface area contributed by atoms with E-state index in [0.29, 0.717) is 39.7 Å². The topological polar surface area (TPSA) is 265 Å². The van der Waals surface area contributed by atoms with E-state index in [1.165, 1.54) is 97.6 Å². The van der Waals surface area contributed by atoms with Crippen LogP contribution in [0.2, 0.25) is 0 Å². The summed E-state index contributed by atoms with van der Waals surface area (Å²) in [7, 11) is 8.18. The van der Waals surface area contributed by atoms with Crippen molar-refractivity contribution in [3.05, 3.63) is 496 Å². The molecule has 0 spiro atoms. The number of pyridine rings is 5. The number of ketones is 3. The van der Waals surface area contributed by atoms with E-state index in [-0.39, 0.29) is 96.2 Å². The minimum Gasteiger partial charge on any atom is -0.377 e. The van der Waals surface area contributed by atoms with Crippen LogP contribution < -0.4 is 26.9 Å². The van der Waals surface area contributed by atoms with Gasteiger partial charge in [-0.2, -0.15) is 10.2 Å². The standard InChI is InChI=1S/2C25H23FN4O.C25H22FN3O.C23H19N3O.C23H19N3/c1-30(2)14-15-3-5-16(6-4-15)22-24(17-7-9-27-10-8-17)29-20-12-18(26)11-19-21(31)13-28-25(22)23(19)20;1-30(2)14-15-4-3-5-17(10-15)22-24(16-6-8-27-9-7-16)29-20-12-18(26)11-19-21(31)13-28-25(22)23(19)20;1-2-4-15-5-3-6-17(11-15)22-24(16-7-9-27-10-8-16)29-20-13-18(26)12-19-21(30)14-28-25(22)23(19)20;1-14-11-17-13-18(15-7-9-24-10-8-15)20(16-5-3-2-4-6-16)22-21(17)19(12-14)23(27)26-25-22;1-15-19-9-5-8-18-14-20(16-10-12-24-13-11-16)21(17-6-3-2-4-7-17)23(22(18)19)26-25-15/h2*3-12,22,24,29H,13-14H2,1-2H3;3,5-13,22,24,29H,2,4,14H2,1H3;2-12,18,20H,13H2,1H3,(H,26,27);2-13,20-21,25H,1,14H2. The molecule has 145 heavy (non-hydrogen) atoms. The molecule has 9 aliphatic rings. The van der Waals surface area contributed by atoms with Crippen molar-refractivity contribution in [1.82, 2.24) is 50.3 Å². The van der Waals surface area contributed by atoms with Crippen molar-refractivity contribution in [3.8, 4) is 0 Å². The zero-order valence-corrected chi connectivity index (χ0v) is 81.1. The normalized spacial score (nSPS) is 19.6. The Bertz CT molecular complexity index is 7850. The van der Waals surface area contributed by atoms with E-state index in [1.807, 2.05) is 108 Å². The van der Waals surface area contributed by atoms with Gasteiger partial charge in [-0.05, 0) is 241 Å². The average Bonchev–Trinajstić information content (AvgIpc) is 0.757. The van der Waals surface area contributed by atoms with E-state index in [4.69, 9.17) is 20.1 Å². The minimum absolute atomic E-state index is 0.0438. The number of nitrogens with zero attached hydrogens (tertiary/aromatic N) is 12. The molecule has 720 valence electrons. The van der Waals surface area contributed by atoms with Crippen LogP contribution >= 0.6 is 0 Å². The van der Waals surface area contributed by atoms with Crippen molar-refractivity contribution >= 4 is 73.7 Å². The second-order valence-electron chi connectivity index (χ2n) is 38.8. The molecule has 7 aliphatic heterocycles. The van der Waals surface area contributed by atoms with Gasteiger partial charge in [-0.3, -0.25) is 64.5 Å². The third-order valence-electron chi connectivity index (χ3n) is 28.7. The fraction of sp³-hybridized carbons (Fsp3) is 0.207. The average molecular weight is 1920 g/mol. The lowest BCUT2D eigenvalue weighted by atomic mass is 9.67. The summed E-state index contributed by atoms with van der Waals surface area (Å²) in [6, 6.07) is 85.6. The first-order valence-electron chi connectivity index (χ1n) is 49.1. The molecule has 10 aromatic carbocycles. The van der Waals surface area contributed by atoms with E-state index >= 15 is 0 Å². The molecule has 16 aromatic rings. The lowest BCUT2D eigenvalue weighted by Gasteiger charge is -2.38. The van der Waals surface area contributed by atoms with Crippen LogP contribution in [0.15, 0.2) is 354 Å². The van der Waals surface area contributed by atoms with Gasteiger partial charge in [0.15, 0.2) is 17.3 Å². The number of aryl methyl sites for hydroxylation is 2. The Kier molecular flexibility index (Phi) is 26.9. The predicted octanol–water partition coefficient (Wildman–Crippen LogP) is 22.1. The second kappa shape index (κ2) is 41.2. The number of carbonyl (C=O) groups is 3. The third-order valence-corrected chi connectivity index (χ3v) is 28.7. The highest BCUT2D eigenvalue weighted by atomic mass is 19.1. The van der Waals surface area contributed by atoms with Crippen molar-refractivity contribution in [2.45, 2.75) is 112 Å². The first-order valence-corrected chi connectivity index (χ1v) is 49.1. The van der Waals surface area contributed by atoms with Gasteiger partial charge in [0, 0.05) is 166 Å². The lowest BCUT2D eigenvalue weighted by molar-refractivity contribution is 0.0991. The number of hydrogen-bond acceptors (Lipinski definition) is 20. The molecule has 0 saturated carbocycles. The van der Waals surface area contributed by atoms with E-state index < -0.39 is 17.5 Å². The Balaban J connectivity index is 0.000000107. The SMILES string of the molecule is C=C1NN=C2c3c(cccc31)CC(c1ccncc1)C2c1ccccc1.CCCc1cccc(C2C3=NCC(=O)c4cc(F)cc(c43)NC2c2ccncc2)c1.CN(C)Cc1ccc(C2C3=NCC(=O)c4cc(F)cc(c43)NC2c2ccncc2)cc1.CN(C)Cc1cccc(C2C3=NCC(=O)c4cc(F)cc(c43)NC2c2ccncc2)c1.Cc1cc2c3c(n[nH]c(=O)c3c1)C(c1ccccc1)C(c1ccncc1)C2. The number of H-pyrrole nitrogens is 1. The van der Waals surface area contributed by atoms with Gasteiger partial charge in [-0.15, -0.1) is 0 Å². The molecule has 0 fully saturated rings. The Morgan fingerprint density at radius 3 is 1.23 bits per heavy atom. The van der Waals surface area contributed by atoms with Gasteiger partial charge < -0.3 is 25.8 Å². The largest absolute Gasteiger partial charge is 0.377 e. The number of carbonyl (C=O) groups excluding carboxylic acids is 3. The Labute approximate surface area is 839 Å².